The van der Waals surface area contributed by atoms with E-state index in [1.807, 2.05) is 23.1 Å². The predicted octanol–water partition coefficient (Wildman–Crippen LogP) is 3.56. The zero-order valence-corrected chi connectivity index (χ0v) is 18.1. The Morgan fingerprint density at radius 3 is 2.40 bits per heavy atom. The van der Waals surface area contributed by atoms with E-state index in [2.05, 4.69) is 53.1 Å². The maximum atomic E-state index is 12.6. The van der Waals surface area contributed by atoms with Gasteiger partial charge in [-0.3, -0.25) is 4.79 Å². The lowest BCUT2D eigenvalue weighted by Crippen LogP contribution is -2.48. The number of carbonyl (C=O) groups is 1. The maximum absolute atomic E-state index is 12.6. The molecule has 2 saturated heterocycles. The lowest BCUT2D eigenvalue weighted by Gasteiger charge is -2.36. The minimum atomic E-state index is 0.287. The number of nitrogens with zero attached hydrogens (tertiary/aromatic N) is 3. The molecule has 2 aromatic carbocycles. The number of piperidine rings is 1. The Labute approximate surface area is 180 Å². The molecule has 4 heteroatoms. The van der Waals surface area contributed by atoms with Gasteiger partial charge in [-0.05, 0) is 48.6 Å². The predicted molar refractivity (Wildman–Crippen MR) is 122 cm³/mol. The molecule has 2 atom stereocenters. The molecular weight excluding hydrogens is 370 g/mol. The number of anilines is 1. The van der Waals surface area contributed by atoms with E-state index in [-0.39, 0.29) is 5.91 Å². The standard InChI is InChI=1S/C26H33N3O/c1-2-27-19-23-18-26(23,20-27)22-9-11-24(12-10-22)28-14-16-29(17-15-28)25(30)13-8-21-6-4-3-5-7-21/h3-7,9-12,23H,2,8,13-20H2,1H3. The number of hydrogen-bond donors (Lipinski definition) is 0. The fourth-order valence-corrected chi connectivity index (χ4v) is 5.55. The summed E-state index contributed by atoms with van der Waals surface area (Å²) in [5.74, 6) is 1.16. The smallest absolute Gasteiger partial charge is 0.223 e. The molecule has 1 saturated carbocycles. The molecule has 0 spiro atoms. The fourth-order valence-electron chi connectivity index (χ4n) is 5.55. The second-order valence-electron chi connectivity index (χ2n) is 9.29. The molecule has 1 amide bonds. The molecule has 4 nitrogen and oxygen atoms in total. The molecular formula is C26H33N3O. The van der Waals surface area contributed by atoms with Crippen molar-refractivity contribution in [2.75, 3.05) is 50.7 Å². The fraction of sp³-hybridized carbons (Fsp3) is 0.500. The van der Waals surface area contributed by atoms with Crippen molar-refractivity contribution in [1.82, 2.24) is 9.80 Å². The van der Waals surface area contributed by atoms with Gasteiger partial charge in [0, 0.05) is 56.8 Å². The van der Waals surface area contributed by atoms with Crippen molar-refractivity contribution in [2.45, 2.75) is 31.6 Å². The third-order valence-corrected chi connectivity index (χ3v) is 7.57. The minimum Gasteiger partial charge on any atom is -0.368 e. The van der Waals surface area contributed by atoms with Crippen molar-refractivity contribution in [3.8, 4) is 0 Å². The van der Waals surface area contributed by atoms with E-state index in [1.165, 1.54) is 42.9 Å². The van der Waals surface area contributed by atoms with Gasteiger partial charge in [0.1, 0.15) is 0 Å². The van der Waals surface area contributed by atoms with Gasteiger partial charge >= 0.3 is 0 Å². The van der Waals surface area contributed by atoms with Crippen LogP contribution >= 0.6 is 0 Å². The topological polar surface area (TPSA) is 26.8 Å². The van der Waals surface area contributed by atoms with E-state index >= 15 is 0 Å². The van der Waals surface area contributed by atoms with E-state index in [0.29, 0.717) is 11.8 Å². The van der Waals surface area contributed by atoms with Crippen molar-refractivity contribution >= 4 is 11.6 Å². The van der Waals surface area contributed by atoms with Gasteiger partial charge in [0.15, 0.2) is 0 Å². The molecule has 0 aromatic heterocycles. The van der Waals surface area contributed by atoms with Crippen molar-refractivity contribution < 1.29 is 4.79 Å². The van der Waals surface area contributed by atoms with Gasteiger partial charge in [-0.25, -0.2) is 0 Å². The number of likely N-dealkylation sites (tertiary alicyclic amines) is 1. The van der Waals surface area contributed by atoms with Gasteiger partial charge in [-0.15, -0.1) is 0 Å². The van der Waals surface area contributed by atoms with E-state index in [0.717, 1.165) is 38.5 Å². The molecule has 3 fully saturated rings. The van der Waals surface area contributed by atoms with Crippen LogP contribution in [0.5, 0.6) is 0 Å². The third kappa shape index (κ3) is 3.74. The van der Waals surface area contributed by atoms with Gasteiger partial charge in [0.05, 0.1) is 0 Å². The molecule has 0 radical (unpaired) electrons. The summed E-state index contributed by atoms with van der Waals surface area (Å²) < 4.78 is 0. The second kappa shape index (κ2) is 8.07. The van der Waals surface area contributed by atoms with Gasteiger partial charge in [-0.1, -0.05) is 49.4 Å². The number of amides is 1. The Hall–Kier alpha value is -2.33. The van der Waals surface area contributed by atoms with Crippen molar-refractivity contribution in [2.24, 2.45) is 5.92 Å². The van der Waals surface area contributed by atoms with Crippen LogP contribution < -0.4 is 4.90 Å². The number of fused-ring (bicyclic) bond motifs is 1. The summed E-state index contributed by atoms with van der Waals surface area (Å²) in [4.78, 5) is 19.7. The number of hydrogen-bond acceptors (Lipinski definition) is 3. The first-order valence-corrected chi connectivity index (χ1v) is 11.6. The van der Waals surface area contributed by atoms with Crippen molar-refractivity contribution in [3.05, 3.63) is 65.7 Å². The summed E-state index contributed by atoms with van der Waals surface area (Å²) in [7, 11) is 0. The Bertz CT molecular complexity index is 873. The van der Waals surface area contributed by atoms with Crippen LogP contribution in [0, 0.1) is 5.92 Å². The molecule has 2 unspecified atom stereocenters. The van der Waals surface area contributed by atoms with Gasteiger partial charge in [0.25, 0.3) is 0 Å². The molecule has 5 rings (SSSR count). The Kier molecular flexibility index (Phi) is 5.28. The summed E-state index contributed by atoms with van der Waals surface area (Å²) in [6.07, 6.45) is 2.81. The highest BCUT2D eigenvalue weighted by Gasteiger charge is 2.60. The number of carbonyl (C=O) groups excluding carboxylic acids is 1. The Morgan fingerprint density at radius 2 is 1.73 bits per heavy atom. The summed E-state index contributed by atoms with van der Waals surface area (Å²) in [6, 6.07) is 19.7. The maximum Gasteiger partial charge on any atom is 0.223 e. The van der Waals surface area contributed by atoms with Crippen LogP contribution in [0.1, 0.15) is 30.9 Å². The molecule has 2 aromatic rings. The van der Waals surface area contributed by atoms with E-state index in [4.69, 9.17) is 0 Å². The van der Waals surface area contributed by atoms with E-state index in [1.54, 1.807) is 0 Å². The molecule has 2 aliphatic heterocycles. The largest absolute Gasteiger partial charge is 0.368 e. The number of aryl methyl sites for hydroxylation is 1. The van der Waals surface area contributed by atoms with Crippen LogP contribution in [0.2, 0.25) is 0 Å². The molecule has 30 heavy (non-hydrogen) atoms. The molecule has 1 aliphatic carbocycles. The Balaban J connectivity index is 1.13. The van der Waals surface area contributed by atoms with Crippen LogP contribution in [0.25, 0.3) is 0 Å². The summed E-state index contributed by atoms with van der Waals surface area (Å²) in [6.45, 7) is 9.45. The number of benzene rings is 2. The number of piperazine rings is 1. The van der Waals surface area contributed by atoms with Crippen molar-refractivity contribution in [3.63, 3.8) is 0 Å². The summed E-state index contributed by atoms with van der Waals surface area (Å²) in [5.41, 5.74) is 4.51. The first-order chi connectivity index (χ1) is 14.7. The average molecular weight is 404 g/mol. The third-order valence-electron chi connectivity index (χ3n) is 7.57. The lowest BCUT2D eigenvalue weighted by atomic mass is 9.94. The van der Waals surface area contributed by atoms with Crippen LogP contribution in [0.3, 0.4) is 0 Å². The van der Waals surface area contributed by atoms with Crippen LogP contribution in [-0.2, 0) is 16.6 Å². The summed E-state index contributed by atoms with van der Waals surface area (Å²) in [5, 5.41) is 0. The highest BCUT2D eigenvalue weighted by molar-refractivity contribution is 5.76. The van der Waals surface area contributed by atoms with Gasteiger partial charge in [0.2, 0.25) is 5.91 Å². The molecule has 0 bridgehead atoms. The van der Waals surface area contributed by atoms with Crippen molar-refractivity contribution in [1.29, 1.82) is 0 Å². The zero-order chi connectivity index (χ0) is 20.6. The number of rotatable bonds is 6. The molecule has 2 heterocycles. The molecule has 0 N–H and O–H groups in total. The normalized spacial score (nSPS) is 26.0. The highest BCUT2D eigenvalue weighted by Crippen LogP contribution is 2.59. The quantitative estimate of drug-likeness (QED) is 0.738. The average Bonchev–Trinajstić information content (AvgIpc) is 3.39. The monoisotopic (exact) mass is 403 g/mol. The summed E-state index contributed by atoms with van der Waals surface area (Å²) >= 11 is 0. The first-order valence-electron chi connectivity index (χ1n) is 11.6. The second-order valence-corrected chi connectivity index (χ2v) is 9.29. The van der Waals surface area contributed by atoms with Crippen LogP contribution in [0.4, 0.5) is 5.69 Å². The van der Waals surface area contributed by atoms with Gasteiger partial charge in [-0.2, -0.15) is 0 Å². The van der Waals surface area contributed by atoms with E-state index < -0.39 is 0 Å². The molecule has 158 valence electrons. The van der Waals surface area contributed by atoms with Gasteiger partial charge < -0.3 is 14.7 Å². The SMILES string of the molecule is CCN1CC2CC2(c2ccc(N3CCN(C(=O)CCc4ccccc4)CC3)cc2)C1. The lowest BCUT2D eigenvalue weighted by molar-refractivity contribution is -0.131. The van der Waals surface area contributed by atoms with Crippen LogP contribution in [0.15, 0.2) is 54.6 Å². The first kappa shape index (κ1) is 19.6. The number of likely N-dealkylation sites (N-methyl/N-ethyl adjacent to an activating group) is 1. The highest BCUT2D eigenvalue weighted by atomic mass is 16.2. The van der Waals surface area contributed by atoms with Crippen LogP contribution in [-0.4, -0.2) is 61.5 Å². The molecule has 3 aliphatic rings. The zero-order valence-electron chi connectivity index (χ0n) is 18.1. The Morgan fingerprint density at radius 1 is 1.00 bits per heavy atom. The minimum absolute atomic E-state index is 0.287. The van der Waals surface area contributed by atoms with E-state index in [9.17, 15) is 4.79 Å².